The van der Waals surface area contributed by atoms with Crippen LogP contribution in [0.5, 0.6) is 0 Å². The molecule has 0 amide bonds. The van der Waals surface area contributed by atoms with E-state index in [-0.39, 0.29) is 17.2 Å². The smallest absolute Gasteiger partial charge is 0.303 e. The summed E-state index contributed by atoms with van der Waals surface area (Å²) in [7, 11) is 0. The van der Waals surface area contributed by atoms with Crippen LogP contribution in [0.4, 0.5) is 0 Å². The van der Waals surface area contributed by atoms with E-state index < -0.39 is 6.10 Å². The number of hydrogen-bond acceptors (Lipinski definition) is 3. The average molecular weight is 443 g/mol. The number of Topliss-reactive ketones (excluding diaryl/α,β-unsaturated/α-hetero) is 1. The van der Waals surface area contributed by atoms with Crippen molar-refractivity contribution in [1.29, 1.82) is 0 Å². The maximum atomic E-state index is 13.2. The maximum absolute atomic E-state index is 13.2. The Labute approximate surface area is 196 Å². The zero-order chi connectivity index (χ0) is 23.3. The van der Waals surface area contributed by atoms with Gasteiger partial charge in [-0.2, -0.15) is 0 Å². The van der Waals surface area contributed by atoms with Gasteiger partial charge < -0.3 is 4.74 Å². The van der Waals surface area contributed by atoms with Gasteiger partial charge in [0.2, 0.25) is 0 Å². The number of carbonyl (C=O) groups is 2. The number of carbonyl (C=O) groups excluding carboxylic acids is 2. The number of esters is 1. The number of ketones is 1. The minimum atomic E-state index is -0.556. The largest absolute Gasteiger partial charge is 0.454 e. The molecule has 3 nitrogen and oxygen atoms in total. The lowest BCUT2D eigenvalue weighted by Crippen LogP contribution is -2.53. The molecule has 4 aliphatic rings. The molecule has 0 N–H and O–H groups in total. The van der Waals surface area contributed by atoms with Gasteiger partial charge in [-0.05, 0) is 91.3 Å². The normalized spacial score (nSPS) is 42.0. The third-order valence-corrected chi connectivity index (χ3v) is 10.5. The first-order valence-electron chi connectivity index (χ1n) is 13.5. The van der Waals surface area contributed by atoms with E-state index in [2.05, 4.69) is 40.7 Å². The molecule has 3 fully saturated rings. The fourth-order valence-electron chi connectivity index (χ4n) is 8.87. The quantitative estimate of drug-likeness (QED) is 0.411. The number of allylic oxidation sites excluding steroid dienone is 1. The molecule has 0 aliphatic heterocycles. The van der Waals surface area contributed by atoms with Gasteiger partial charge in [0.05, 0.1) is 0 Å². The van der Waals surface area contributed by atoms with Gasteiger partial charge >= 0.3 is 5.97 Å². The van der Waals surface area contributed by atoms with E-state index in [1.54, 1.807) is 0 Å². The van der Waals surface area contributed by atoms with Gasteiger partial charge in [-0.15, -0.1) is 0 Å². The van der Waals surface area contributed by atoms with Crippen molar-refractivity contribution >= 4 is 11.8 Å². The molecule has 0 aromatic heterocycles. The van der Waals surface area contributed by atoms with Crippen molar-refractivity contribution in [3.8, 4) is 0 Å². The molecule has 0 aromatic rings. The van der Waals surface area contributed by atoms with Gasteiger partial charge in [-0.25, -0.2) is 0 Å². The summed E-state index contributed by atoms with van der Waals surface area (Å²) < 4.78 is 5.38. The fraction of sp³-hybridized carbons (Fsp3) is 0.862. The molecule has 4 aliphatic carbocycles. The van der Waals surface area contributed by atoms with Gasteiger partial charge in [0, 0.05) is 12.5 Å². The summed E-state index contributed by atoms with van der Waals surface area (Å²) in [5.41, 5.74) is 1.43. The second-order valence-electron chi connectivity index (χ2n) is 12.7. The fourth-order valence-corrected chi connectivity index (χ4v) is 8.87. The summed E-state index contributed by atoms with van der Waals surface area (Å²) in [5.74, 6) is 4.37. The second kappa shape index (κ2) is 8.91. The number of fused-ring (bicyclic) bond motifs is 5. The monoisotopic (exact) mass is 442 g/mol. The predicted molar refractivity (Wildman–Crippen MR) is 129 cm³/mol. The minimum absolute atomic E-state index is 0.0288. The van der Waals surface area contributed by atoms with E-state index in [1.165, 1.54) is 51.9 Å². The molecule has 0 spiro atoms. The highest BCUT2D eigenvalue weighted by Gasteiger charge is 2.60. The molecule has 0 unspecified atom stereocenters. The van der Waals surface area contributed by atoms with Crippen LogP contribution in [-0.4, -0.2) is 17.9 Å². The molecule has 180 valence electrons. The van der Waals surface area contributed by atoms with Gasteiger partial charge in [-0.1, -0.05) is 60.0 Å². The third-order valence-electron chi connectivity index (χ3n) is 10.5. The lowest BCUT2D eigenvalue weighted by atomic mass is 9.46. The topological polar surface area (TPSA) is 43.4 Å². The first kappa shape index (κ1) is 24.0. The predicted octanol–water partition coefficient (Wildman–Crippen LogP) is 7.14. The van der Waals surface area contributed by atoms with Crippen LogP contribution in [0.25, 0.3) is 0 Å². The van der Waals surface area contributed by atoms with Crippen molar-refractivity contribution in [1.82, 2.24) is 0 Å². The summed E-state index contributed by atoms with van der Waals surface area (Å²) in [6, 6.07) is 0. The summed E-state index contributed by atoms with van der Waals surface area (Å²) in [6.07, 6.45) is 13.9. The molecular weight excluding hydrogens is 396 g/mol. The number of ether oxygens (including phenoxy) is 1. The molecule has 0 bridgehead atoms. The summed E-state index contributed by atoms with van der Waals surface area (Å²) in [6.45, 7) is 13.6. The van der Waals surface area contributed by atoms with Crippen molar-refractivity contribution in [3.05, 3.63) is 11.6 Å². The Kier molecular flexibility index (Phi) is 6.69. The Hall–Kier alpha value is -1.12. The Morgan fingerprint density at radius 2 is 1.81 bits per heavy atom. The van der Waals surface area contributed by atoms with E-state index in [9.17, 15) is 9.59 Å². The minimum Gasteiger partial charge on any atom is -0.454 e. The standard InChI is InChI=1S/C29H46O3/c1-18(2)8-7-9-19(3)22-12-13-23-21-10-11-25-27(31)26(32-20(4)30)15-17-29(25,6)24(21)14-16-28(22,23)5/h11,18-19,21-24,26H,7-10,12-17H2,1-6H3/t19-,21+,22-,23+,24+,26+,28-,29-/m1/s1. The molecule has 32 heavy (non-hydrogen) atoms. The Morgan fingerprint density at radius 3 is 2.50 bits per heavy atom. The van der Waals surface area contributed by atoms with E-state index in [0.29, 0.717) is 23.7 Å². The van der Waals surface area contributed by atoms with E-state index in [1.807, 2.05) is 0 Å². The molecule has 3 saturated carbocycles. The molecule has 0 heterocycles. The molecule has 4 rings (SSSR count). The summed E-state index contributed by atoms with van der Waals surface area (Å²) >= 11 is 0. The summed E-state index contributed by atoms with van der Waals surface area (Å²) in [4.78, 5) is 24.7. The van der Waals surface area contributed by atoms with Crippen LogP contribution < -0.4 is 0 Å². The van der Waals surface area contributed by atoms with Crippen LogP contribution in [0.15, 0.2) is 11.6 Å². The van der Waals surface area contributed by atoms with Gasteiger partial charge in [0.25, 0.3) is 0 Å². The van der Waals surface area contributed by atoms with Crippen LogP contribution in [-0.2, 0) is 14.3 Å². The zero-order valence-electron chi connectivity index (χ0n) is 21.4. The van der Waals surface area contributed by atoms with Crippen LogP contribution in [0.1, 0.15) is 106 Å². The lowest BCUT2D eigenvalue weighted by molar-refractivity contribution is -0.156. The van der Waals surface area contributed by atoms with E-state index in [0.717, 1.165) is 42.1 Å². The van der Waals surface area contributed by atoms with E-state index in [4.69, 9.17) is 4.74 Å². The molecule has 0 aromatic carbocycles. The lowest BCUT2D eigenvalue weighted by Gasteiger charge is -2.58. The zero-order valence-corrected chi connectivity index (χ0v) is 21.4. The van der Waals surface area contributed by atoms with Crippen molar-refractivity contribution in [2.45, 2.75) is 112 Å². The SMILES string of the molecule is CC(=O)O[C@H]1CC[C@@]2(C)C(=CC[C@H]3[C@@H]4CC[C@H]([C@H](C)CCCC(C)C)[C@@]4(C)CC[C@@H]32)C1=O. The highest BCUT2D eigenvalue weighted by Crippen LogP contribution is 2.67. The second-order valence-corrected chi connectivity index (χ2v) is 12.7. The van der Waals surface area contributed by atoms with E-state index >= 15 is 0 Å². The van der Waals surface area contributed by atoms with Crippen LogP contribution in [0.3, 0.4) is 0 Å². The number of rotatable bonds is 6. The maximum Gasteiger partial charge on any atom is 0.303 e. The Balaban J connectivity index is 1.50. The Morgan fingerprint density at radius 1 is 1.06 bits per heavy atom. The number of hydrogen-bond donors (Lipinski definition) is 0. The van der Waals surface area contributed by atoms with Crippen molar-refractivity contribution < 1.29 is 14.3 Å². The molecular formula is C29H46O3. The van der Waals surface area contributed by atoms with Crippen LogP contribution in [0.2, 0.25) is 0 Å². The third kappa shape index (κ3) is 4.00. The first-order valence-corrected chi connectivity index (χ1v) is 13.5. The molecule has 3 heteroatoms. The van der Waals surface area contributed by atoms with Crippen LogP contribution in [0, 0.1) is 46.3 Å². The first-order chi connectivity index (χ1) is 15.1. The van der Waals surface area contributed by atoms with Gasteiger partial charge in [-0.3, -0.25) is 9.59 Å². The van der Waals surface area contributed by atoms with Crippen molar-refractivity contribution in [3.63, 3.8) is 0 Å². The Bertz CT molecular complexity index is 766. The highest BCUT2D eigenvalue weighted by atomic mass is 16.5. The van der Waals surface area contributed by atoms with Crippen molar-refractivity contribution in [2.24, 2.45) is 46.3 Å². The average Bonchev–Trinajstić information content (AvgIpc) is 3.07. The highest BCUT2D eigenvalue weighted by molar-refractivity contribution is 6.01. The van der Waals surface area contributed by atoms with Gasteiger partial charge in [0.15, 0.2) is 11.9 Å². The van der Waals surface area contributed by atoms with Crippen LogP contribution >= 0.6 is 0 Å². The molecule has 0 saturated heterocycles. The van der Waals surface area contributed by atoms with Crippen molar-refractivity contribution in [2.75, 3.05) is 0 Å². The van der Waals surface area contributed by atoms with Gasteiger partial charge in [0.1, 0.15) is 0 Å². The molecule has 8 atom stereocenters. The summed E-state index contributed by atoms with van der Waals surface area (Å²) in [5, 5.41) is 0. The molecule has 0 radical (unpaired) electrons.